The van der Waals surface area contributed by atoms with E-state index in [4.69, 9.17) is 0 Å². The van der Waals surface area contributed by atoms with Crippen molar-refractivity contribution in [3.63, 3.8) is 0 Å². The number of unbranched alkanes of at least 4 members (excludes halogenated alkanes) is 13. The second kappa shape index (κ2) is 17.4. The van der Waals surface area contributed by atoms with Crippen LogP contribution in [0, 0.1) is 0 Å². The summed E-state index contributed by atoms with van der Waals surface area (Å²) in [5, 5.41) is 12.8. The molecule has 0 aliphatic carbocycles. The molecule has 0 unspecified atom stereocenters. The van der Waals surface area contributed by atoms with Gasteiger partial charge < -0.3 is 10.4 Å². The fourth-order valence-electron chi connectivity index (χ4n) is 3.79. The molecular weight excluding hydrogens is 358 g/mol. The summed E-state index contributed by atoms with van der Waals surface area (Å²) in [6, 6.07) is 5.29. The van der Waals surface area contributed by atoms with Gasteiger partial charge in [-0.15, -0.1) is 0 Å². The highest BCUT2D eigenvalue weighted by atomic mass is 16.3. The van der Waals surface area contributed by atoms with Crippen molar-refractivity contribution >= 4 is 11.6 Å². The summed E-state index contributed by atoms with van der Waals surface area (Å²) in [4.78, 5) is 12.0. The fraction of sp³-hybridized carbons (Fsp3) is 0.731. The number of benzene rings is 1. The van der Waals surface area contributed by atoms with E-state index in [1.807, 2.05) is 6.07 Å². The van der Waals surface area contributed by atoms with Gasteiger partial charge in [-0.2, -0.15) is 0 Å². The zero-order chi connectivity index (χ0) is 21.2. The zero-order valence-electron chi connectivity index (χ0n) is 19.1. The summed E-state index contributed by atoms with van der Waals surface area (Å²) in [6.45, 7) is 4.36. The molecule has 0 aromatic heterocycles. The van der Waals surface area contributed by atoms with Crippen molar-refractivity contribution in [2.24, 2.45) is 0 Å². The van der Waals surface area contributed by atoms with E-state index in [1.165, 1.54) is 77.0 Å². The van der Waals surface area contributed by atoms with Crippen LogP contribution in [0.1, 0.15) is 122 Å². The first-order chi connectivity index (χ1) is 14.2. The summed E-state index contributed by atoms with van der Waals surface area (Å²) < 4.78 is 0. The lowest BCUT2D eigenvalue weighted by molar-refractivity contribution is -0.116. The van der Waals surface area contributed by atoms with Crippen LogP contribution in [-0.2, 0) is 11.2 Å². The zero-order valence-corrected chi connectivity index (χ0v) is 19.1. The molecule has 166 valence electrons. The molecule has 3 heteroatoms. The lowest BCUT2D eigenvalue weighted by Crippen LogP contribution is -2.12. The summed E-state index contributed by atoms with van der Waals surface area (Å²) >= 11 is 0. The van der Waals surface area contributed by atoms with Gasteiger partial charge in [0, 0.05) is 12.1 Å². The van der Waals surface area contributed by atoms with Gasteiger partial charge in [0.25, 0.3) is 0 Å². The fourth-order valence-corrected chi connectivity index (χ4v) is 3.79. The predicted octanol–water partition coefficient (Wildman–Crippen LogP) is 8.15. The minimum Gasteiger partial charge on any atom is -0.508 e. The molecule has 0 heterocycles. The van der Waals surface area contributed by atoms with Gasteiger partial charge >= 0.3 is 0 Å². The quantitative estimate of drug-likeness (QED) is 0.192. The van der Waals surface area contributed by atoms with Crippen molar-refractivity contribution < 1.29 is 9.90 Å². The Hall–Kier alpha value is -1.51. The van der Waals surface area contributed by atoms with E-state index in [0.717, 1.165) is 36.9 Å². The van der Waals surface area contributed by atoms with Crippen LogP contribution in [0.2, 0.25) is 0 Å². The van der Waals surface area contributed by atoms with Crippen LogP contribution in [0.25, 0.3) is 0 Å². The molecule has 0 atom stereocenters. The normalized spacial score (nSPS) is 11.0. The van der Waals surface area contributed by atoms with Crippen molar-refractivity contribution in [1.29, 1.82) is 0 Å². The molecule has 3 nitrogen and oxygen atoms in total. The van der Waals surface area contributed by atoms with E-state index in [-0.39, 0.29) is 11.7 Å². The highest BCUT2D eigenvalue weighted by molar-refractivity contribution is 5.91. The first-order valence-corrected chi connectivity index (χ1v) is 12.3. The molecule has 2 N–H and O–H groups in total. The molecule has 0 saturated carbocycles. The Bertz CT molecular complexity index is 542. The number of phenolic OH excluding ortho intramolecular Hbond substituents is 1. The lowest BCUT2D eigenvalue weighted by atomic mass is 10.0. The van der Waals surface area contributed by atoms with E-state index in [0.29, 0.717) is 6.42 Å². The molecule has 1 rings (SSSR count). The van der Waals surface area contributed by atoms with Crippen molar-refractivity contribution in [2.45, 2.75) is 123 Å². The van der Waals surface area contributed by atoms with Crippen LogP contribution < -0.4 is 5.32 Å². The third kappa shape index (κ3) is 13.4. The van der Waals surface area contributed by atoms with E-state index in [9.17, 15) is 9.90 Å². The van der Waals surface area contributed by atoms with Crippen molar-refractivity contribution in [2.75, 3.05) is 5.32 Å². The van der Waals surface area contributed by atoms with Crippen LogP contribution in [0.15, 0.2) is 18.2 Å². The number of anilines is 1. The van der Waals surface area contributed by atoms with Gasteiger partial charge in [0.1, 0.15) is 5.75 Å². The standard InChI is InChI=1S/C26H45NO2/c1-3-5-7-8-9-10-11-12-13-14-15-16-17-18-23-22-24(28)20-21-25(23)27-26(29)19-6-4-2/h20-22,28H,3-19H2,1-2H3,(H,27,29). The van der Waals surface area contributed by atoms with Gasteiger partial charge in [0.2, 0.25) is 5.91 Å². The molecule has 0 aliphatic heterocycles. The third-order valence-electron chi connectivity index (χ3n) is 5.67. The maximum Gasteiger partial charge on any atom is 0.224 e. The number of nitrogens with one attached hydrogen (secondary N) is 1. The number of carbonyl (C=O) groups excluding carboxylic acids is 1. The number of aromatic hydroxyl groups is 1. The summed E-state index contributed by atoms with van der Waals surface area (Å²) in [5.41, 5.74) is 1.92. The van der Waals surface area contributed by atoms with Gasteiger partial charge in [-0.25, -0.2) is 0 Å². The number of rotatable bonds is 18. The first-order valence-electron chi connectivity index (χ1n) is 12.3. The van der Waals surface area contributed by atoms with E-state index < -0.39 is 0 Å². The Morgan fingerprint density at radius 2 is 1.28 bits per heavy atom. The Labute approximate surface area is 179 Å². The van der Waals surface area contributed by atoms with Crippen LogP contribution in [-0.4, -0.2) is 11.0 Å². The molecule has 0 saturated heterocycles. The Balaban J connectivity index is 2.13. The molecular formula is C26H45NO2. The van der Waals surface area contributed by atoms with Crippen molar-refractivity contribution in [3.8, 4) is 5.75 Å². The van der Waals surface area contributed by atoms with Crippen molar-refractivity contribution in [3.05, 3.63) is 23.8 Å². The molecule has 0 spiro atoms. The number of hydrogen-bond donors (Lipinski definition) is 2. The van der Waals surface area contributed by atoms with Crippen LogP contribution >= 0.6 is 0 Å². The van der Waals surface area contributed by atoms with Gasteiger partial charge in [0.15, 0.2) is 0 Å². The number of aryl methyl sites for hydroxylation is 1. The summed E-state index contributed by atoms with van der Waals surface area (Å²) in [6.07, 6.45) is 20.9. The smallest absolute Gasteiger partial charge is 0.224 e. The summed E-state index contributed by atoms with van der Waals surface area (Å²) in [5.74, 6) is 0.352. The van der Waals surface area contributed by atoms with Gasteiger partial charge in [0.05, 0.1) is 0 Å². The number of amides is 1. The van der Waals surface area contributed by atoms with E-state index in [2.05, 4.69) is 19.2 Å². The Morgan fingerprint density at radius 3 is 1.83 bits per heavy atom. The molecule has 29 heavy (non-hydrogen) atoms. The largest absolute Gasteiger partial charge is 0.508 e. The average Bonchev–Trinajstić information content (AvgIpc) is 2.71. The molecule has 0 fully saturated rings. The highest BCUT2D eigenvalue weighted by Crippen LogP contribution is 2.24. The Morgan fingerprint density at radius 1 is 0.759 bits per heavy atom. The molecule has 0 radical (unpaired) electrons. The maximum absolute atomic E-state index is 12.0. The van der Waals surface area contributed by atoms with Gasteiger partial charge in [-0.1, -0.05) is 97.3 Å². The lowest BCUT2D eigenvalue weighted by Gasteiger charge is -2.12. The van der Waals surface area contributed by atoms with Crippen molar-refractivity contribution in [1.82, 2.24) is 0 Å². The summed E-state index contributed by atoms with van der Waals surface area (Å²) in [7, 11) is 0. The second-order valence-electron chi connectivity index (χ2n) is 8.49. The van der Waals surface area contributed by atoms with E-state index >= 15 is 0 Å². The molecule has 0 aliphatic rings. The Kier molecular flexibility index (Phi) is 15.3. The van der Waals surface area contributed by atoms with Crippen LogP contribution in [0.3, 0.4) is 0 Å². The molecule has 1 aromatic carbocycles. The number of phenols is 1. The minimum atomic E-state index is 0.0733. The third-order valence-corrected chi connectivity index (χ3v) is 5.67. The first kappa shape index (κ1) is 25.5. The van der Waals surface area contributed by atoms with Crippen LogP contribution in [0.5, 0.6) is 5.75 Å². The van der Waals surface area contributed by atoms with Gasteiger partial charge in [-0.3, -0.25) is 4.79 Å². The minimum absolute atomic E-state index is 0.0733. The number of hydrogen-bond acceptors (Lipinski definition) is 2. The molecule has 1 aromatic rings. The molecule has 1 amide bonds. The second-order valence-corrected chi connectivity index (χ2v) is 8.49. The average molecular weight is 404 g/mol. The predicted molar refractivity (Wildman–Crippen MR) is 126 cm³/mol. The highest BCUT2D eigenvalue weighted by Gasteiger charge is 2.08. The van der Waals surface area contributed by atoms with E-state index in [1.54, 1.807) is 12.1 Å². The monoisotopic (exact) mass is 403 g/mol. The SMILES string of the molecule is CCCCCCCCCCCCCCCc1cc(O)ccc1NC(=O)CCCC. The number of carbonyl (C=O) groups is 1. The molecule has 0 bridgehead atoms. The topological polar surface area (TPSA) is 49.3 Å². The van der Waals surface area contributed by atoms with Gasteiger partial charge in [-0.05, 0) is 43.0 Å². The van der Waals surface area contributed by atoms with Crippen LogP contribution in [0.4, 0.5) is 5.69 Å². The maximum atomic E-state index is 12.0.